The molecule has 1 saturated heterocycles. The highest BCUT2D eigenvalue weighted by atomic mass is 16.2. The summed E-state index contributed by atoms with van der Waals surface area (Å²) in [5.41, 5.74) is 3.99. The van der Waals surface area contributed by atoms with Gasteiger partial charge in [0.15, 0.2) is 5.65 Å². The zero-order valence-corrected chi connectivity index (χ0v) is 14.3. The summed E-state index contributed by atoms with van der Waals surface area (Å²) in [6.07, 6.45) is 5.89. The molecule has 5 rings (SSSR count). The number of piperidine rings is 1. The molecule has 8 nitrogen and oxygen atoms in total. The molecule has 27 heavy (non-hydrogen) atoms. The minimum atomic E-state index is -0.607. The number of fused-ring (bicyclic) bond motifs is 2. The van der Waals surface area contributed by atoms with Crippen LogP contribution < -0.4 is 5.32 Å². The first-order chi connectivity index (χ1) is 13.1. The molecule has 3 amide bonds. The van der Waals surface area contributed by atoms with Crippen LogP contribution in [-0.2, 0) is 16.1 Å². The average Bonchev–Trinajstić information content (AvgIpc) is 3.23. The van der Waals surface area contributed by atoms with E-state index in [0.717, 1.165) is 22.3 Å². The Kier molecular flexibility index (Phi) is 3.33. The summed E-state index contributed by atoms with van der Waals surface area (Å²) in [7, 11) is 0. The Morgan fingerprint density at radius 2 is 2.04 bits per heavy atom. The monoisotopic (exact) mass is 361 g/mol. The van der Waals surface area contributed by atoms with Crippen molar-refractivity contribution in [2.45, 2.75) is 25.4 Å². The van der Waals surface area contributed by atoms with Crippen molar-refractivity contribution in [3.05, 3.63) is 54.0 Å². The fourth-order valence-corrected chi connectivity index (χ4v) is 3.77. The second-order valence-corrected chi connectivity index (χ2v) is 6.72. The van der Waals surface area contributed by atoms with Gasteiger partial charge in [-0.1, -0.05) is 6.07 Å². The number of carbonyl (C=O) groups is 3. The van der Waals surface area contributed by atoms with Crippen molar-refractivity contribution in [1.29, 1.82) is 0 Å². The zero-order chi connectivity index (χ0) is 18.5. The number of nitrogens with zero attached hydrogens (tertiary/aromatic N) is 4. The van der Waals surface area contributed by atoms with Crippen LogP contribution in [0.3, 0.4) is 0 Å². The third-order valence-corrected chi connectivity index (χ3v) is 5.11. The maximum atomic E-state index is 12.8. The van der Waals surface area contributed by atoms with Crippen molar-refractivity contribution >= 4 is 23.4 Å². The van der Waals surface area contributed by atoms with Gasteiger partial charge in [0.05, 0.1) is 6.20 Å². The summed E-state index contributed by atoms with van der Waals surface area (Å²) >= 11 is 0. The molecule has 3 aromatic rings. The van der Waals surface area contributed by atoms with Gasteiger partial charge in [-0.3, -0.25) is 19.7 Å². The van der Waals surface area contributed by atoms with Gasteiger partial charge in [-0.2, -0.15) is 5.10 Å². The van der Waals surface area contributed by atoms with Crippen LogP contribution in [0, 0.1) is 0 Å². The Morgan fingerprint density at radius 1 is 1.15 bits per heavy atom. The van der Waals surface area contributed by atoms with Crippen LogP contribution in [0.25, 0.3) is 16.8 Å². The molecular weight excluding hydrogens is 346 g/mol. The number of nitrogens with one attached hydrogen (secondary N) is 1. The molecule has 4 heterocycles. The number of carbonyl (C=O) groups excluding carboxylic acids is 3. The Bertz CT molecular complexity index is 1120. The van der Waals surface area contributed by atoms with Crippen molar-refractivity contribution in [1.82, 2.24) is 24.8 Å². The minimum Gasteiger partial charge on any atom is -0.322 e. The average molecular weight is 361 g/mol. The van der Waals surface area contributed by atoms with Gasteiger partial charge in [-0.05, 0) is 35.7 Å². The second-order valence-electron chi connectivity index (χ2n) is 6.72. The van der Waals surface area contributed by atoms with Crippen LogP contribution >= 0.6 is 0 Å². The molecule has 0 bridgehead atoms. The van der Waals surface area contributed by atoms with Gasteiger partial charge < -0.3 is 4.90 Å². The van der Waals surface area contributed by atoms with Crippen LogP contribution in [0.15, 0.2) is 42.9 Å². The molecule has 1 fully saturated rings. The topological polar surface area (TPSA) is 96.7 Å². The molecule has 0 spiro atoms. The summed E-state index contributed by atoms with van der Waals surface area (Å²) in [4.78, 5) is 42.2. The number of hydrogen-bond donors (Lipinski definition) is 1. The molecule has 0 saturated carbocycles. The molecule has 2 aromatic heterocycles. The summed E-state index contributed by atoms with van der Waals surface area (Å²) in [5.74, 6) is -0.869. The number of aromatic nitrogens is 3. The predicted octanol–water partition coefficient (Wildman–Crippen LogP) is 1.16. The first kappa shape index (κ1) is 15.7. The molecule has 1 unspecified atom stereocenters. The third kappa shape index (κ3) is 2.41. The third-order valence-electron chi connectivity index (χ3n) is 5.11. The van der Waals surface area contributed by atoms with Gasteiger partial charge in [0, 0.05) is 36.5 Å². The van der Waals surface area contributed by atoms with Gasteiger partial charge in [0.2, 0.25) is 11.8 Å². The smallest absolute Gasteiger partial charge is 0.255 e. The second kappa shape index (κ2) is 5.73. The van der Waals surface area contributed by atoms with Crippen LogP contribution in [0.1, 0.15) is 28.8 Å². The SMILES string of the molecule is O=C1CCC(N2Cc3cc(-c4cnn5cccnc45)ccc3C2=O)C(=O)N1. The fourth-order valence-electron chi connectivity index (χ4n) is 3.77. The van der Waals surface area contributed by atoms with Crippen LogP contribution in [0.2, 0.25) is 0 Å². The van der Waals surface area contributed by atoms with Crippen molar-refractivity contribution in [2.24, 2.45) is 0 Å². The lowest BCUT2D eigenvalue weighted by Gasteiger charge is -2.29. The van der Waals surface area contributed by atoms with Gasteiger partial charge in [0.25, 0.3) is 5.91 Å². The van der Waals surface area contributed by atoms with Crippen molar-refractivity contribution in [2.75, 3.05) is 0 Å². The molecule has 1 N–H and O–H groups in total. The normalized spacial score (nSPS) is 19.5. The van der Waals surface area contributed by atoms with Gasteiger partial charge >= 0.3 is 0 Å². The van der Waals surface area contributed by atoms with E-state index in [1.165, 1.54) is 0 Å². The van der Waals surface area contributed by atoms with E-state index in [0.29, 0.717) is 18.5 Å². The fraction of sp³-hybridized carbons (Fsp3) is 0.211. The van der Waals surface area contributed by atoms with Crippen LogP contribution in [0.5, 0.6) is 0 Å². The Labute approximate surface area is 153 Å². The maximum Gasteiger partial charge on any atom is 0.255 e. The lowest BCUT2D eigenvalue weighted by Crippen LogP contribution is -2.52. The van der Waals surface area contributed by atoms with E-state index in [1.807, 2.05) is 24.4 Å². The van der Waals surface area contributed by atoms with E-state index < -0.39 is 11.9 Å². The number of benzene rings is 1. The quantitative estimate of drug-likeness (QED) is 0.691. The Balaban J connectivity index is 1.49. The maximum absolute atomic E-state index is 12.8. The first-order valence-corrected chi connectivity index (χ1v) is 8.68. The molecular formula is C19H15N5O3. The standard InChI is InChI=1S/C19H15N5O3/c25-16-5-4-15(18(26)22-16)23-10-12-8-11(2-3-13(12)19(23)27)14-9-21-24-7-1-6-20-17(14)24/h1-3,6-9,15H,4-5,10H2,(H,22,25,26). The summed E-state index contributed by atoms with van der Waals surface area (Å²) in [6, 6.07) is 6.81. The Morgan fingerprint density at radius 3 is 2.89 bits per heavy atom. The molecule has 1 aromatic carbocycles. The highest BCUT2D eigenvalue weighted by Crippen LogP contribution is 2.32. The number of rotatable bonds is 2. The highest BCUT2D eigenvalue weighted by Gasteiger charge is 2.39. The predicted molar refractivity (Wildman–Crippen MR) is 94.5 cm³/mol. The van der Waals surface area contributed by atoms with Gasteiger partial charge in [-0.25, -0.2) is 9.50 Å². The molecule has 1 atom stereocenters. The van der Waals surface area contributed by atoms with Crippen LogP contribution in [-0.4, -0.2) is 43.3 Å². The van der Waals surface area contributed by atoms with Crippen molar-refractivity contribution in [3.63, 3.8) is 0 Å². The van der Waals surface area contributed by atoms with E-state index >= 15 is 0 Å². The molecule has 2 aliphatic heterocycles. The summed E-state index contributed by atoms with van der Waals surface area (Å²) in [5, 5.41) is 6.62. The lowest BCUT2D eigenvalue weighted by atomic mass is 10.0. The minimum absolute atomic E-state index is 0.177. The highest BCUT2D eigenvalue weighted by molar-refractivity contribution is 6.05. The summed E-state index contributed by atoms with van der Waals surface area (Å²) < 4.78 is 1.70. The Hall–Kier alpha value is -3.55. The van der Waals surface area contributed by atoms with E-state index in [9.17, 15) is 14.4 Å². The number of hydrogen-bond acceptors (Lipinski definition) is 5. The number of imide groups is 1. The van der Waals surface area contributed by atoms with Crippen molar-refractivity contribution < 1.29 is 14.4 Å². The zero-order valence-electron chi connectivity index (χ0n) is 14.3. The van der Waals surface area contributed by atoms with Crippen LogP contribution in [0.4, 0.5) is 0 Å². The largest absolute Gasteiger partial charge is 0.322 e. The summed E-state index contributed by atoms with van der Waals surface area (Å²) in [6.45, 7) is 0.348. The van der Waals surface area contributed by atoms with Gasteiger partial charge in [-0.15, -0.1) is 0 Å². The lowest BCUT2D eigenvalue weighted by molar-refractivity contribution is -0.136. The van der Waals surface area contributed by atoms with E-state index in [1.54, 1.807) is 27.9 Å². The molecule has 0 aliphatic carbocycles. The van der Waals surface area contributed by atoms with E-state index in [-0.39, 0.29) is 18.2 Å². The van der Waals surface area contributed by atoms with E-state index in [4.69, 9.17) is 0 Å². The molecule has 8 heteroatoms. The van der Waals surface area contributed by atoms with Crippen molar-refractivity contribution in [3.8, 4) is 11.1 Å². The molecule has 2 aliphatic rings. The molecule has 134 valence electrons. The van der Waals surface area contributed by atoms with E-state index in [2.05, 4.69) is 15.4 Å². The first-order valence-electron chi connectivity index (χ1n) is 8.68. The van der Waals surface area contributed by atoms with Gasteiger partial charge in [0.1, 0.15) is 6.04 Å². The molecule has 0 radical (unpaired) electrons. The number of amides is 3.